The lowest BCUT2D eigenvalue weighted by atomic mass is 9.90. The first kappa shape index (κ1) is 9.04. The fourth-order valence-electron chi connectivity index (χ4n) is 1.59. The average Bonchev–Trinajstić information content (AvgIpc) is 2.13. The normalized spacial score (nSPS) is 19.7. The lowest BCUT2D eigenvalue weighted by molar-refractivity contribution is 0.0969. The molecule has 0 atom stereocenters. The summed E-state index contributed by atoms with van der Waals surface area (Å²) in [5.74, 6) is 0.132. The molecule has 0 N–H and O–H groups in total. The van der Waals surface area contributed by atoms with E-state index in [1.165, 1.54) is 0 Å². The van der Waals surface area contributed by atoms with Gasteiger partial charge in [0.25, 0.3) is 0 Å². The van der Waals surface area contributed by atoms with Crippen molar-refractivity contribution in [1.82, 2.24) is 0 Å². The van der Waals surface area contributed by atoms with Crippen LogP contribution >= 0.6 is 23.2 Å². The number of Topliss-reactive ketones (excluding diaryl/α,β-unsaturated/α-hetero) is 1. The second kappa shape index (κ2) is 3.00. The summed E-state index contributed by atoms with van der Waals surface area (Å²) in [6, 6.07) is 7.26. The van der Waals surface area contributed by atoms with Crippen molar-refractivity contribution in [2.45, 2.75) is 17.2 Å². The highest BCUT2D eigenvalue weighted by molar-refractivity contribution is 6.48. The zero-order valence-corrected chi connectivity index (χ0v) is 8.40. The number of hydrogen-bond donors (Lipinski definition) is 0. The predicted octanol–water partition coefficient (Wildman–Crippen LogP) is 3.29. The summed E-state index contributed by atoms with van der Waals surface area (Å²) in [5.41, 5.74) is 1.41. The molecule has 0 amide bonds. The van der Waals surface area contributed by atoms with Crippen LogP contribution in [0.1, 0.15) is 28.8 Å². The predicted molar refractivity (Wildman–Crippen MR) is 53.4 cm³/mol. The molecule has 0 unspecified atom stereocenters. The van der Waals surface area contributed by atoms with Crippen molar-refractivity contribution in [1.29, 1.82) is 0 Å². The van der Waals surface area contributed by atoms with Crippen molar-refractivity contribution >= 4 is 29.0 Å². The minimum atomic E-state index is -0.884. The van der Waals surface area contributed by atoms with E-state index in [1.54, 1.807) is 6.07 Å². The van der Waals surface area contributed by atoms with Crippen LogP contribution in [0.15, 0.2) is 24.3 Å². The Balaban J connectivity index is 2.61. The Kier molecular flexibility index (Phi) is 2.09. The van der Waals surface area contributed by atoms with Gasteiger partial charge in [-0.2, -0.15) is 0 Å². The summed E-state index contributed by atoms with van der Waals surface area (Å²) in [4.78, 5) is 11.5. The largest absolute Gasteiger partial charge is 0.294 e. The van der Waals surface area contributed by atoms with Crippen molar-refractivity contribution in [2.75, 3.05) is 0 Å². The molecular weight excluding hydrogens is 207 g/mol. The molecule has 1 aromatic carbocycles. The van der Waals surface area contributed by atoms with E-state index in [4.69, 9.17) is 23.2 Å². The van der Waals surface area contributed by atoms with Gasteiger partial charge in [-0.1, -0.05) is 47.5 Å². The Morgan fingerprint density at radius 2 is 1.92 bits per heavy atom. The molecule has 0 aliphatic heterocycles. The Morgan fingerprint density at radius 3 is 2.62 bits per heavy atom. The molecule has 0 saturated carbocycles. The average molecular weight is 215 g/mol. The van der Waals surface area contributed by atoms with E-state index in [1.807, 2.05) is 18.2 Å². The van der Waals surface area contributed by atoms with Crippen LogP contribution in [-0.4, -0.2) is 5.78 Å². The van der Waals surface area contributed by atoms with Crippen molar-refractivity contribution < 1.29 is 4.79 Å². The molecule has 2 rings (SSSR count). The monoisotopic (exact) mass is 214 g/mol. The van der Waals surface area contributed by atoms with E-state index < -0.39 is 4.33 Å². The van der Waals surface area contributed by atoms with Crippen LogP contribution in [0, 0.1) is 0 Å². The number of fused-ring (bicyclic) bond motifs is 1. The van der Waals surface area contributed by atoms with Gasteiger partial charge in [-0.25, -0.2) is 0 Å². The van der Waals surface area contributed by atoms with Crippen LogP contribution < -0.4 is 0 Å². The zero-order valence-electron chi connectivity index (χ0n) is 6.89. The van der Waals surface area contributed by atoms with Crippen LogP contribution in [0.5, 0.6) is 0 Å². The van der Waals surface area contributed by atoms with E-state index in [-0.39, 0.29) is 5.78 Å². The van der Waals surface area contributed by atoms with Gasteiger partial charge in [0.15, 0.2) is 5.78 Å². The van der Waals surface area contributed by atoms with Gasteiger partial charge in [0.1, 0.15) is 4.33 Å². The van der Waals surface area contributed by atoms with E-state index in [9.17, 15) is 4.79 Å². The standard InChI is InChI=1S/C10H8Cl2O/c11-10(12)6-5-9(13)7-3-1-2-4-8(7)10/h1-4H,5-6H2. The van der Waals surface area contributed by atoms with Crippen LogP contribution in [0.25, 0.3) is 0 Å². The number of hydrogen-bond acceptors (Lipinski definition) is 1. The molecule has 0 spiro atoms. The van der Waals surface area contributed by atoms with E-state index in [2.05, 4.69) is 0 Å². The molecule has 1 aromatic rings. The van der Waals surface area contributed by atoms with Crippen molar-refractivity contribution in [2.24, 2.45) is 0 Å². The maximum atomic E-state index is 11.5. The molecule has 0 fully saturated rings. The Morgan fingerprint density at radius 1 is 1.23 bits per heavy atom. The molecule has 0 radical (unpaired) electrons. The van der Waals surface area contributed by atoms with Gasteiger partial charge >= 0.3 is 0 Å². The molecule has 3 heteroatoms. The number of carbonyl (C=O) groups excluding carboxylic acids is 1. The third-order valence-electron chi connectivity index (χ3n) is 2.29. The van der Waals surface area contributed by atoms with Crippen molar-refractivity contribution in [3.05, 3.63) is 35.4 Å². The third-order valence-corrected chi connectivity index (χ3v) is 3.07. The first-order valence-electron chi connectivity index (χ1n) is 4.12. The number of alkyl halides is 2. The summed E-state index contributed by atoms with van der Waals surface area (Å²) in [7, 11) is 0. The number of halogens is 2. The molecule has 0 heterocycles. The molecular formula is C10H8Cl2O. The Bertz CT molecular complexity index is 358. The quantitative estimate of drug-likeness (QED) is 0.607. The fourth-order valence-corrected chi connectivity index (χ4v) is 2.10. The lowest BCUT2D eigenvalue weighted by Gasteiger charge is -2.26. The Hall–Kier alpha value is -0.530. The first-order valence-corrected chi connectivity index (χ1v) is 4.87. The molecule has 0 saturated heterocycles. The van der Waals surface area contributed by atoms with Gasteiger partial charge in [0, 0.05) is 12.0 Å². The second-order valence-electron chi connectivity index (χ2n) is 3.17. The molecule has 1 nitrogen and oxygen atoms in total. The molecule has 1 aliphatic rings. The first-order chi connectivity index (χ1) is 6.11. The van der Waals surface area contributed by atoms with Gasteiger partial charge in [0.05, 0.1) is 0 Å². The minimum Gasteiger partial charge on any atom is -0.294 e. The van der Waals surface area contributed by atoms with Crippen molar-refractivity contribution in [3.63, 3.8) is 0 Å². The van der Waals surface area contributed by atoms with Crippen molar-refractivity contribution in [3.8, 4) is 0 Å². The van der Waals surface area contributed by atoms with E-state index in [0.29, 0.717) is 18.4 Å². The molecule has 68 valence electrons. The highest BCUT2D eigenvalue weighted by Crippen LogP contribution is 2.43. The van der Waals surface area contributed by atoms with E-state index in [0.717, 1.165) is 5.56 Å². The summed E-state index contributed by atoms with van der Waals surface area (Å²) in [5, 5.41) is 0. The van der Waals surface area contributed by atoms with Crippen LogP contribution in [-0.2, 0) is 4.33 Å². The van der Waals surface area contributed by atoms with Crippen LogP contribution in [0.4, 0.5) is 0 Å². The number of rotatable bonds is 0. The zero-order chi connectivity index (χ0) is 9.47. The number of benzene rings is 1. The van der Waals surface area contributed by atoms with Gasteiger partial charge < -0.3 is 0 Å². The second-order valence-corrected chi connectivity index (χ2v) is 4.66. The SMILES string of the molecule is O=C1CCC(Cl)(Cl)c2ccccc21. The fraction of sp³-hybridized carbons (Fsp3) is 0.300. The molecule has 0 bridgehead atoms. The Labute approximate surface area is 86.7 Å². The topological polar surface area (TPSA) is 17.1 Å². The van der Waals surface area contributed by atoms with E-state index >= 15 is 0 Å². The highest BCUT2D eigenvalue weighted by Gasteiger charge is 2.35. The lowest BCUT2D eigenvalue weighted by Crippen LogP contribution is -2.22. The molecule has 13 heavy (non-hydrogen) atoms. The van der Waals surface area contributed by atoms with Crippen LogP contribution in [0.3, 0.4) is 0 Å². The van der Waals surface area contributed by atoms with Gasteiger partial charge in [0.2, 0.25) is 0 Å². The van der Waals surface area contributed by atoms with Gasteiger partial charge in [-0.3, -0.25) is 4.79 Å². The third kappa shape index (κ3) is 1.47. The highest BCUT2D eigenvalue weighted by atomic mass is 35.5. The summed E-state index contributed by atoms with van der Waals surface area (Å²) >= 11 is 12.2. The summed E-state index contributed by atoms with van der Waals surface area (Å²) in [6.45, 7) is 0. The van der Waals surface area contributed by atoms with Gasteiger partial charge in [-0.15, -0.1) is 0 Å². The summed E-state index contributed by atoms with van der Waals surface area (Å²) in [6.07, 6.45) is 0.940. The molecule has 0 aromatic heterocycles. The van der Waals surface area contributed by atoms with Gasteiger partial charge in [-0.05, 0) is 12.0 Å². The number of ketones is 1. The smallest absolute Gasteiger partial charge is 0.163 e. The maximum absolute atomic E-state index is 11.5. The minimum absolute atomic E-state index is 0.132. The van der Waals surface area contributed by atoms with Crippen LogP contribution in [0.2, 0.25) is 0 Å². The summed E-state index contributed by atoms with van der Waals surface area (Å²) < 4.78 is -0.884. The number of carbonyl (C=O) groups is 1. The maximum Gasteiger partial charge on any atom is 0.163 e. The molecule has 1 aliphatic carbocycles.